The number of urea groups is 1. The summed E-state index contributed by atoms with van der Waals surface area (Å²) in [5.74, 6) is 0. The topological polar surface area (TPSA) is 44.8 Å². The SMILES string of the molecule is CCc1ccc(NC(=O)N(CCN2CCOCC2)C/C(C)=C/c2ccccc2)cc1. The van der Waals surface area contributed by atoms with Gasteiger partial charge in [0.15, 0.2) is 0 Å². The molecule has 0 atom stereocenters. The van der Waals surface area contributed by atoms with Crippen molar-refractivity contribution >= 4 is 17.8 Å². The highest BCUT2D eigenvalue weighted by Crippen LogP contribution is 2.13. The molecule has 0 spiro atoms. The average molecular weight is 408 g/mol. The molecule has 2 aromatic rings. The van der Waals surface area contributed by atoms with E-state index in [0.29, 0.717) is 13.1 Å². The molecule has 1 aliphatic heterocycles. The van der Waals surface area contributed by atoms with E-state index < -0.39 is 0 Å². The number of nitrogens with one attached hydrogen (secondary N) is 1. The van der Waals surface area contributed by atoms with E-state index in [1.54, 1.807) is 0 Å². The predicted molar refractivity (Wildman–Crippen MR) is 124 cm³/mol. The Labute approximate surface area is 180 Å². The highest BCUT2D eigenvalue weighted by Gasteiger charge is 2.17. The lowest BCUT2D eigenvalue weighted by atomic mass is 10.1. The quantitative estimate of drug-likeness (QED) is 0.700. The summed E-state index contributed by atoms with van der Waals surface area (Å²) >= 11 is 0. The van der Waals surface area contributed by atoms with Crippen molar-refractivity contribution in [3.05, 3.63) is 71.3 Å². The number of benzene rings is 2. The first-order valence-electron chi connectivity index (χ1n) is 10.8. The molecule has 3 rings (SSSR count). The summed E-state index contributed by atoms with van der Waals surface area (Å²) in [6, 6.07) is 18.2. The summed E-state index contributed by atoms with van der Waals surface area (Å²) < 4.78 is 5.44. The van der Waals surface area contributed by atoms with Crippen LogP contribution in [0.1, 0.15) is 25.0 Å². The summed E-state index contributed by atoms with van der Waals surface area (Å²) in [6.07, 6.45) is 3.13. The van der Waals surface area contributed by atoms with Crippen LogP contribution in [0.4, 0.5) is 10.5 Å². The molecular weight excluding hydrogens is 374 g/mol. The van der Waals surface area contributed by atoms with Gasteiger partial charge in [0.1, 0.15) is 0 Å². The molecule has 5 nitrogen and oxygen atoms in total. The number of nitrogens with zero attached hydrogens (tertiary/aromatic N) is 2. The van der Waals surface area contributed by atoms with Crippen LogP contribution in [0.15, 0.2) is 60.2 Å². The lowest BCUT2D eigenvalue weighted by molar-refractivity contribution is 0.0354. The van der Waals surface area contributed by atoms with E-state index >= 15 is 0 Å². The van der Waals surface area contributed by atoms with E-state index in [0.717, 1.165) is 56.1 Å². The Kier molecular flexibility index (Phi) is 8.48. The summed E-state index contributed by atoms with van der Waals surface area (Å²) in [4.78, 5) is 17.3. The van der Waals surface area contributed by atoms with Gasteiger partial charge in [-0.25, -0.2) is 4.79 Å². The van der Waals surface area contributed by atoms with Gasteiger partial charge in [0.2, 0.25) is 0 Å². The zero-order chi connectivity index (χ0) is 21.2. The number of aryl methyl sites for hydroxylation is 1. The van der Waals surface area contributed by atoms with Crippen LogP contribution in [0.3, 0.4) is 0 Å². The average Bonchev–Trinajstić information content (AvgIpc) is 2.78. The van der Waals surface area contributed by atoms with Gasteiger partial charge in [0.25, 0.3) is 0 Å². The molecule has 160 valence electrons. The Morgan fingerprint density at radius 1 is 1.10 bits per heavy atom. The molecule has 1 saturated heterocycles. The maximum absolute atomic E-state index is 13.1. The second-order valence-corrected chi connectivity index (χ2v) is 7.76. The summed E-state index contributed by atoms with van der Waals surface area (Å²) in [5.41, 5.74) is 4.40. The molecule has 1 fully saturated rings. The molecule has 0 saturated carbocycles. The summed E-state index contributed by atoms with van der Waals surface area (Å²) in [6.45, 7) is 9.72. The Bertz CT molecular complexity index is 812. The summed E-state index contributed by atoms with van der Waals surface area (Å²) in [7, 11) is 0. The smallest absolute Gasteiger partial charge is 0.322 e. The minimum Gasteiger partial charge on any atom is -0.379 e. The van der Waals surface area contributed by atoms with Crippen LogP contribution in [0.25, 0.3) is 6.08 Å². The fraction of sp³-hybridized carbons (Fsp3) is 0.400. The minimum absolute atomic E-state index is 0.0617. The molecule has 2 amide bonds. The number of carbonyl (C=O) groups excluding carboxylic acids is 1. The van der Waals surface area contributed by atoms with Crippen molar-refractivity contribution in [1.29, 1.82) is 0 Å². The van der Waals surface area contributed by atoms with Gasteiger partial charge in [0, 0.05) is 38.4 Å². The third-order valence-electron chi connectivity index (χ3n) is 5.34. The van der Waals surface area contributed by atoms with Crippen molar-refractivity contribution in [2.75, 3.05) is 51.3 Å². The van der Waals surface area contributed by atoms with E-state index in [4.69, 9.17) is 4.74 Å². The van der Waals surface area contributed by atoms with Gasteiger partial charge in [0.05, 0.1) is 13.2 Å². The van der Waals surface area contributed by atoms with Crippen LogP contribution in [-0.2, 0) is 11.2 Å². The van der Waals surface area contributed by atoms with Gasteiger partial charge in [-0.3, -0.25) is 4.90 Å². The first-order valence-corrected chi connectivity index (χ1v) is 10.8. The molecule has 0 aliphatic carbocycles. The Balaban J connectivity index is 1.66. The van der Waals surface area contributed by atoms with Crippen molar-refractivity contribution in [3.63, 3.8) is 0 Å². The van der Waals surface area contributed by atoms with E-state index in [2.05, 4.69) is 54.4 Å². The number of carbonyl (C=O) groups is 1. The van der Waals surface area contributed by atoms with Crippen LogP contribution in [0.2, 0.25) is 0 Å². The van der Waals surface area contributed by atoms with Gasteiger partial charge in [-0.1, -0.05) is 61.0 Å². The number of morpholine rings is 1. The standard InChI is InChI=1S/C25H33N3O2/c1-3-22-9-11-24(12-10-22)26-25(29)28(14-13-27-15-17-30-18-16-27)20-21(2)19-23-7-5-4-6-8-23/h4-12,19H,3,13-18,20H2,1-2H3,(H,26,29)/b21-19+. The van der Waals surface area contributed by atoms with E-state index in [9.17, 15) is 4.79 Å². The molecule has 0 radical (unpaired) electrons. The number of ether oxygens (including phenoxy) is 1. The van der Waals surface area contributed by atoms with Crippen LogP contribution in [0.5, 0.6) is 0 Å². The van der Waals surface area contributed by atoms with Crippen LogP contribution >= 0.6 is 0 Å². The monoisotopic (exact) mass is 407 g/mol. The molecule has 2 aromatic carbocycles. The second-order valence-electron chi connectivity index (χ2n) is 7.76. The van der Waals surface area contributed by atoms with Gasteiger partial charge in [-0.2, -0.15) is 0 Å². The van der Waals surface area contributed by atoms with Gasteiger partial charge in [-0.15, -0.1) is 0 Å². The summed E-state index contributed by atoms with van der Waals surface area (Å²) in [5, 5.41) is 3.07. The zero-order valence-electron chi connectivity index (χ0n) is 18.1. The Hall–Kier alpha value is -2.63. The van der Waals surface area contributed by atoms with Crippen molar-refractivity contribution in [2.24, 2.45) is 0 Å². The van der Waals surface area contributed by atoms with Gasteiger partial charge >= 0.3 is 6.03 Å². The number of amides is 2. The molecule has 5 heteroatoms. The van der Waals surface area contributed by atoms with Crippen LogP contribution in [-0.4, -0.2) is 61.8 Å². The van der Waals surface area contributed by atoms with Crippen molar-refractivity contribution in [3.8, 4) is 0 Å². The van der Waals surface area contributed by atoms with E-state index in [-0.39, 0.29) is 6.03 Å². The molecule has 0 unspecified atom stereocenters. The molecule has 1 N–H and O–H groups in total. The number of hydrogen-bond donors (Lipinski definition) is 1. The van der Waals surface area contributed by atoms with Gasteiger partial charge in [-0.05, 0) is 36.6 Å². The Morgan fingerprint density at radius 2 is 1.80 bits per heavy atom. The number of anilines is 1. The van der Waals surface area contributed by atoms with E-state index in [1.165, 1.54) is 5.56 Å². The largest absolute Gasteiger partial charge is 0.379 e. The molecule has 30 heavy (non-hydrogen) atoms. The Morgan fingerprint density at radius 3 is 2.47 bits per heavy atom. The second kappa shape index (κ2) is 11.5. The maximum atomic E-state index is 13.1. The number of hydrogen-bond acceptors (Lipinski definition) is 3. The number of rotatable bonds is 8. The van der Waals surface area contributed by atoms with Crippen molar-refractivity contribution < 1.29 is 9.53 Å². The normalized spacial score (nSPS) is 15.1. The van der Waals surface area contributed by atoms with E-state index in [1.807, 2.05) is 35.2 Å². The fourth-order valence-corrected chi connectivity index (χ4v) is 3.55. The molecular formula is C25H33N3O2. The lowest BCUT2D eigenvalue weighted by Crippen LogP contribution is -2.44. The van der Waals surface area contributed by atoms with Gasteiger partial charge < -0.3 is 15.0 Å². The maximum Gasteiger partial charge on any atom is 0.322 e. The van der Waals surface area contributed by atoms with Crippen LogP contribution < -0.4 is 5.32 Å². The first-order chi connectivity index (χ1) is 14.6. The van der Waals surface area contributed by atoms with Crippen LogP contribution in [0, 0.1) is 0 Å². The van der Waals surface area contributed by atoms with Crippen molar-refractivity contribution in [1.82, 2.24) is 9.80 Å². The molecule has 1 aliphatic rings. The highest BCUT2D eigenvalue weighted by molar-refractivity contribution is 5.89. The predicted octanol–water partition coefficient (Wildman–Crippen LogP) is 4.52. The lowest BCUT2D eigenvalue weighted by Gasteiger charge is -2.30. The minimum atomic E-state index is -0.0617. The third-order valence-corrected chi connectivity index (χ3v) is 5.34. The zero-order valence-corrected chi connectivity index (χ0v) is 18.1. The fourth-order valence-electron chi connectivity index (χ4n) is 3.55. The molecule has 1 heterocycles. The molecule has 0 bridgehead atoms. The first kappa shape index (κ1) is 22.1. The van der Waals surface area contributed by atoms with Crippen molar-refractivity contribution in [2.45, 2.75) is 20.3 Å². The highest BCUT2D eigenvalue weighted by atomic mass is 16.5. The molecule has 0 aromatic heterocycles. The third kappa shape index (κ3) is 7.01.